The Hall–Kier alpha value is -2.37. The number of esters is 3. The van der Waals surface area contributed by atoms with Gasteiger partial charge in [0.25, 0.3) is 0 Å². The van der Waals surface area contributed by atoms with Crippen molar-refractivity contribution < 1.29 is 28.6 Å². The quantitative estimate of drug-likeness (QED) is 0.330. The summed E-state index contributed by atoms with van der Waals surface area (Å²) in [5.41, 5.74) is 1.89. The predicted octanol–water partition coefficient (Wildman–Crippen LogP) is 2.10. The molecule has 1 heterocycles. The van der Waals surface area contributed by atoms with Gasteiger partial charge in [-0.15, -0.1) is 0 Å². The maximum absolute atomic E-state index is 12.1. The lowest BCUT2D eigenvalue weighted by Gasteiger charge is -2.28. The molecule has 1 aliphatic heterocycles. The van der Waals surface area contributed by atoms with E-state index >= 15 is 0 Å². The second-order valence-corrected chi connectivity index (χ2v) is 6.97. The van der Waals surface area contributed by atoms with Crippen molar-refractivity contribution in [2.45, 2.75) is 45.0 Å². The van der Waals surface area contributed by atoms with E-state index < -0.39 is 36.2 Å². The molecule has 6 atom stereocenters. The maximum atomic E-state index is 12.1. The number of carbonyl (C=O) groups is 3. The number of ether oxygens (including phenoxy) is 3. The van der Waals surface area contributed by atoms with Crippen LogP contribution in [0, 0.1) is 17.8 Å². The molecule has 0 radical (unpaired) electrons. The Morgan fingerprint density at radius 2 is 1.72 bits per heavy atom. The molecule has 0 bridgehead atoms. The second kappa shape index (κ2) is 6.17. The van der Waals surface area contributed by atoms with Crippen LogP contribution in [0.5, 0.6) is 0 Å². The largest absolute Gasteiger partial charge is 0.461 e. The van der Waals surface area contributed by atoms with Gasteiger partial charge >= 0.3 is 17.9 Å². The first-order valence-electron chi connectivity index (χ1n) is 8.31. The minimum Gasteiger partial charge on any atom is -0.461 e. The molecule has 0 spiro atoms. The van der Waals surface area contributed by atoms with Crippen LogP contribution in [-0.2, 0) is 28.6 Å². The fraction of sp³-hybridized carbons (Fsp3) is 0.526. The van der Waals surface area contributed by atoms with E-state index in [-0.39, 0.29) is 17.8 Å². The van der Waals surface area contributed by atoms with E-state index in [2.05, 4.69) is 19.7 Å². The van der Waals surface area contributed by atoms with Crippen LogP contribution in [0.2, 0.25) is 0 Å². The highest BCUT2D eigenvalue weighted by Gasteiger charge is 2.57. The van der Waals surface area contributed by atoms with Gasteiger partial charge in [0.1, 0.15) is 18.3 Å². The second-order valence-electron chi connectivity index (χ2n) is 6.97. The van der Waals surface area contributed by atoms with Gasteiger partial charge in [0.2, 0.25) is 0 Å². The topological polar surface area (TPSA) is 78.9 Å². The highest BCUT2D eigenvalue weighted by molar-refractivity contribution is 5.91. The Bertz CT molecular complexity index is 690. The Morgan fingerprint density at radius 3 is 2.32 bits per heavy atom. The lowest BCUT2D eigenvalue weighted by Crippen LogP contribution is -2.36. The van der Waals surface area contributed by atoms with Gasteiger partial charge < -0.3 is 14.2 Å². The third-order valence-corrected chi connectivity index (χ3v) is 5.37. The summed E-state index contributed by atoms with van der Waals surface area (Å²) in [5.74, 6) is -2.02. The Labute approximate surface area is 146 Å². The van der Waals surface area contributed by atoms with Gasteiger partial charge in [-0.3, -0.25) is 9.59 Å². The van der Waals surface area contributed by atoms with Gasteiger partial charge in [-0.05, 0) is 17.9 Å². The third-order valence-electron chi connectivity index (χ3n) is 5.37. The average Bonchev–Trinajstić information content (AvgIpc) is 2.92. The van der Waals surface area contributed by atoms with Crippen molar-refractivity contribution in [1.29, 1.82) is 0 Å². The zero-order chi connectivity index (χ0) is 18.5. The normalized spacial score (nSPS) is 37.0. The summed E-state index contributed by atoms with van der Waals surface area (Å²) in [7, 11) is 0. The maximum Gasteiger partial charge on any atom is 0.334 e. The van der Waals surface area contributed by atoms with Crippen molar-refractivity contribution in [2.75, 3.05) is 0 Å². The number of hydrogen-bond donors (Lipinski definition) is 0. The van der Waals surface area contributed by atoms with E-state index in [0.29, 0.717) is 24.0 Å². The molecule has 3 aliphatic rings. The first-order valence-corrected chi connectivity index (χ1v) is 8.31. The number of carbonyl (C=O) groups excluding carboxylic acids is 3. The molecular formula is C19H22O6. The van der Waals surface area contributed by atoms with Crippen LogP contribution >= 0.6 is 0 Å². The number of fused-ring (bicyclic) bond motifs is 3. The monoisotopic (exact) mass is 346 g/mol. The standard InChI is InChI=1S/C19H22O6/c1-8-6-15(24-12(5)21)17-10(3)19(22)25-18(17)16-9(2)14(7-13(8)16)23-11(4)20/h13-18H,1-3,6-7H2,4-5H3/t13-,14-,15-,16-,17+,18+/m1/s1. The first-order chi connectivity index (χ1) is 11.7. The Morgan fingerprint density at radius 1 is 1.08 bits per heavy atom. The molecule has 3 rings (SSSR count). The third kappa shape index (κ3) is 2.90. The molecule has 0 unspecified atom stereocenters. The van der Waals surface area contributed by atoms with Gasteiger partial charge in [-0.25, -0.2) is 4.79 Å². The van der Waals surface area contributed by atoms with E-state index in [1.54, 1.807) is 0 Å². The van der Waals surface area contributed by atoms with Crippen molar-refractivity contribution in [1.82, 2.24) is 0 Å². The first kappa shape index (κ1) is 17.5. The Balaban J connectivity index is 1.98. The van der Waals surface area contributed by atoms with E-state index in [9.17, 15) is 14.4 Å². The lowest BCUT2D eigenvalue weighted by atomic mass is 9.81. The molecule has 0 aromatic carbocycles. The van der Waals surface area contributed by atoms with Crippen LogP contribution < -0.4 is 0 Å². The molecule has 1 saturated heterocycles. The van der Waals surface area contributed by atoms with Crippen LogP contribution in [0.1, 0.15) is 26.7 Å². The zero-order valence-electron chi connectivity index (χ0n) is 14.4. The van der Waals surface area contributed by atoms with Crippen molar-refractivity contribution in [3.05, 3.63) is 36.5 Å². The van der Waals surface area contributed by atoms with Crippen molar-refractivity contribution >= 4 is 17.9 Å². The summed E-state index contributed by atoms with van der Waals surface area (Å²) >= 11 is 0. The van der Waals surface area contributed by atoms with Gasteiger partial charge in [0.15, 0.2) is 0 Å². The number of hydrogen-bond acceptors (Lipinski definition) is 6. The molecule has 2 saturated carbocycles. The molecule has 6 nitrogen and oxygen atoms in total. The Kier molecular flexibility index (Phi) is 4.31. The van der Waals surface area contributed by atoms with E-state index in [1.165, 1.54) is 13.8 Å². The molecule has 0 aromatic heterocycles. The molecule has 2 aliphatic carbocycles. The molecule has 6 heteroatoms. The summed E-state index contributed by atoms with van der Waals surface area (Å²) in [6.45, 7) is 14.8. The lowest BCUT2D eigenvalue weighted by molar-refractivity contribution is -0.150. The fourth-order valence-electron chi connectivity index (χ4n) is 4.39. The minimum absolute atomic E-state index is 0.0522. The summed E-state index contributed by atoms with van der Waals surface area (Å²) in [5, 5.41) is 0. The van der Waals surface area contributed by atoms with Crippen molar-refractivity contribution in [3.63, 3.8) is 0 Å². The minimum atomic E-state index is -0.542. The molecule has 0 amide bonds. The fourth-order valence-corrected chi connectivity index (χ4v) is 4.39. The smallest absolute Gasteiger partial charge is 0.334 e. The molecule has 25 heavy (non-hydrogen) atoms. The molecule has 3 fully saturated rings. The van der Waals surface area contributed by atoms with Crippen LogP contribution in [0.3, 0.4) is 0 Å². The zero-order valence-corrected chi connectivity index (χ0v) is 14.4. The molecular weight excluding hydrogens is 324 g/mol. The van der Waals surface area contributed by atoms with Crippen LogP contribution in [0.4, 0.5) is 0 Å². The SMILES string of the molecule is C=C1C(=O)O[C@@H]2[C@@H]1[C@H](OC(C)=O)CC(=C)[C@H]1C[C@@H](OC(C)=O)C(=C)[C@@H]21. The summed E-state index contributed by atoms with van der Waals surface area (Å²) in [4.78, 5) is 35.0. The highest BCUT2D eigenvalue weighted by atomic mass is 16.6. The average molecular weight is 346 g/mol. The molecule has 134 valence electrons. The summed E-state index contributed by atoms with van der Waals surface area (Å²) < 4.78 is 16.4. The van der Waals surface area contributed by atoms with E-state index in [1.807, 2.05) is 0 Å². The summed E-state index contributed by atoms with van der Waals surface area (Å²) in [6, 6.07) is 0. The van der Waals surface area contributed by atoms with Crippen molar-refractivity contribution in [3.8, 4) is 0 Å². The van der Waals surface area contributed by atoms with Crippen LogP contribution in [0.25, 0.3) is 0 Å². The van der Waals surface area contributed by atoms with Gasteiger partial charge in [-0.2, -0.15) is 0 Å². The van der Waals surface area contributed by atoms with E-state index in [4.69, 9.17) is 14.2 Å². The molecule has 0 N–H and O–H groups in total. The van der Waals surface area contributed by atoms with Crippen LogP contribution in [-0.4, -0.2) is 36.2 Å². The summed E-state index contributed by atoms with van der Waals surface area (Å²) in [6.07, 6.45) is -0.552. The van der Waals surface area contributed by atoms with Crippen molar-refractivity contribution in [2.24, 2.45) is 17.8 Å². The van der Waals surface area contributed by atoms with Gasteiger partial charge in [-0.1, -0.05) is 25.3 Å². The van der Waals surface area contributed by atoms with Crippen LogP contribution in [0.15, 0.2) is 36.5 Å². The van der Waals surface area contributed by atoms with E-state index in [0.717, 1.165) is 5.57 Å². The highest BCUT2D eigenvalue weighted by Crippen LogP contribution is 2.53. The molecule has 0 aromatic rings. The van der Waals surface area contributed by atoms with Gasteiger partial charge in [0.05, 0.1) is 5.92 Å². The number of rotatable bonds is 2. The predicted molar refractivity (Wildman–Crippen MR) is 88.1 cm³/mol. The van der Waals surface area contributed by atoms with Gasteiger partial charge in [0, 0.05) is 31.8 Å².